The van der Waals surface area contributed by atoms with E-state index >= 15 is 0 Å². The Hall–Kier alpha value is -1.63. The molecule has 96 valence electrons. The first-order valence-electron chi connectivity index (χ1n) is 4.70. The molecule has 1 aromatic rings. The van der Waals surface area contributed by atoms with E-state index in [1.165, 1.54) is 7.11 Å². The van der Waals surface area contributed by atoms with Gasteiger partial charge in [-0.2, -0.15) is 8.78 Å². The van der Waals surface area contributed by atoms with E-state index in [0.29, 0.717) is 6.61 Å². The third kappa shape index (κ3) is 4.03. The van der Waals surface area contributed by atoms with Crippen LogP contribution in [0.25, 0.3) is 0 Å². The van der Waals surface area contributed by atoms with Gasteiger partial charge in [0.25, 0.3) is 0 Å². The molecule has 0 aromatic heterocycles. The van der Waals surface area contributed by atoms with Crippen LogP contribution in [0.2, 0.25) is 0 Å². The Morgan fingerprint density at radius 2 is 1.94 bits per heavy atom. The number of nitrogen functional groups attached to an aromatic ring is 1. The minimum atomic E-state index is -3.11. The van der Waals surface area contributed by atoms with Gasteiger partial charge in [0, 0.05) is 19.2 Å². The van der Waals surface area contributed by atoms with Gasteiger partial charge in [-0.1, -0.05) is 0 Å². The van der Waals surface area contributed by atoms with Gasteiger partial charge >= 0.3 is 6.61 Å². The maximum absolute atomic E-state index is 13.2. The second-order valence-corrected chi connectivity index (χ2v) is 3.04. The normalized spacial score (nSPS) is 10.6. The molecular formula is C10H12F3NO3. The van der Waals surface area contributed by atoms with Gasteiger partial charge < -0.3 is 19.9 Å². The molecule has 0 radical (unpaired) electrons. The molecule has 0 spiro atoms. The third-order valence-corrected chi connectivity index (χ3v) is 1.83. The van der Waals surface area contributed by atoms with Gasteiger partial charge in [-0.05, 0) is 0 Å². The molecule has 0 atom stereocenters. The lowest BCUT2D eigenvalue weighted by molar-refractivity contribution is -0.0523. The maximum Gasteiger partial charge on any atom is 0.387 e. The van der Waals surface area contributed by atoms with Crippen molar-refractivity contribution in [1.29, 1.82) is 0 Å². The summed E-state index contributed by atoms with van der Waals surface area (Å²) in [6, 6.07) is 1.84. The van der Waals surface area contributed by atoms with Crippen LogP contribution >= 0.6 is 0 Å². The summed E-state index contributed by atoms with van der Waals surface area (Å²) in [7, 11) is 1.47. The zero-order valence-electron chi connectivity index (χ0n) is 9.08. The van der Waals surface area contributed by atoms with E-state index in [2.05, 4.69) is 4.74 Å². The van der Waals surface area contributed by atoms with Crippen molar-refractivity contribution in [3.05, 3.63) is 17.9 Å². The van der Waals surface area contributed by atoms with Crippen molar-refractivity contribution in [2.24, 2.45) is 0 Å². The third-order valence-electron chi connectivity index (χ3n) is 1.83. The van der Waals surface area contributed by atoms with Crippen LogP contribution in [0.4, 0.5) is 18.9 Å². The Kier molecular flexibility index (Phi) is 4.89. The molecule has 0 saturated carbocycles. The standard InChI is InChI=1S/C10H12F3NO3/c1-15-2-3-16-9-5-8(17-10(12)13)6(11)4-7(9)14/h4-5,10H,2-3,14H2,1H3. The Labute approximate surface area is 96.1 Å². The van der Waals surface area contributed by atoms with E-state index in [9.17, 15) is 13.2 Å². The Morgan fingerprint density at radius 3 is 2.53 bits per heavy atom. The molecular weight excluding hydrogens is 239 g/mol. The molecule has 0 aliphatic rings. The average molecular weight is 251 g/mol. The average Bonchev–Trinajstić information content (AvgIpc) is 2.24. The zero-order chi connectivity index (χ0) is 12.8. The largest absolute Gasteiger partial charge is 0.489 e. The molecule has 0 bridgehead atoms. The van der Waals surface area contributed by atoms with Gasteiger partial charge in [-0.15, -0.1) is 0 Å². The van der Waals surface area contributed by atoms with Gasteiger partial charge in [-0.3, -0.25) is 0 Å². The number of ether oxygens (including phenoxy) is 3. The summed E-state index contributed by atoms with van der Waals surface area (Å²) in [4.78, 5) is 0. The Bertz CT molecular complexity index is 374. The van der Waals surface area contributed by atoms with Gasteiger partial charge in [-0.25, -0.2) is 4.39 Å². The number of hydrogen-bond acceptors (Lipinski definition) is 4. The lowest BCUT2D eigenvalue weighted by Gasteiger charge is -2.11. The number of halogens is 3. The monoisotopic (exact) mass is 251 g/mol. The Balaban J connectivity index is 2.82. The first-order chi connectivity index (χ1) is 8.04. The number of hydrogen-bond donors (Lipinski definition) is 1. The van der Waals surface area contributed by atoms with Crippen molar-refractivity contribution < 1.29 is 27.4 Å². The predicted octanol–water partition coefficient (Wildman–Crippen LogP) is 2.03. The van der Waals surface area contributed by atoms with Crippen LogP contribution in [-0.2, 0) is 4.74 Å². The molecule has 17 heavy (non-hydrogen) atoms. The van der Waals surface area contributed by atoms with Gasteiger partial charge in [0.2, 0.25) is 0 Å². The first kappa shape index (κ1) is 13.4. The predicted molar refractivity (Wildman–Crippen MR) is 54.8 cm³/mol. The van der Waals surface area contributed by atoms with Gasteiger partial charge in [0.1, 0.15) is 12.4 Å². The minimum Gasteiger partial charge on any atom is -0.489 e. The number of methoxy groups -OCH3 is 1. The quantitative estimate of drug-likeness (QED) is 0.621. The molecule has 0 aliphatic carbocycles. The smallest absolute Gasteiger partial charge is 0.387 e. The van der Waals surface area contributed by atoms with Crippen LogP contribution in [-0.4, -0.2) is 26.9 Å². The van der Waals surface area contributed by atoms with E-state index in [4.69, 9.17) is 15.2 Å². The summed E-state index contributed by atoms with van der Waals surface area (Å²) in [6.07, 6.45) is 0. The zero-order valence-corrected chi connectivity index (χ0v) is 9.08. The fraction of sp³-hybridized carbons (Fsp3) is 0.400. The van der Waals surface area contributed by atoms with Crippen LogP contribution in [0.3, 0.4) is 0 Å². The summed E-state index contributed by atoms with van der Waals surface area (Å²) in [6.45, 7) is -2.65. The summed E-state index contributed by atoms with van der Waals surface area (Å²) in [5.41, 5.74) is 5.45. The highest BCUT2D eigenvalue weighted by molar-refractivity contribution is 5.56. The molecule has 0 heterocycles. The van der Waals surface area contributed by atoms with E-state index in [1.807, 2.05) is 0 Å². The van der Waals surface area contributed by atoms with Gasteiger partial charge in [0.05, 0.1) is 12.3 Å². The molecule has 2 N–H and O–H groups in total. The number of anilines is 1. The van der Waals surface area contributed by atoms with Crippen LogP contribution < -0.4 is 15.2 Å². The summed E-state index contributed by atoms with van der Waals surface area (Å²) in [5, 5.41) is 0. The van der Waals surface area contributed by atoms with E-state index in [-0.39, 0.29) is 18.0 Å². The van der Waals surface area contributed by atoms with Crippen molar-refractivity contribution in [3.63, 3.8) is 0 Å². The Morgan fingerprint density at radius 1 is 1.24 bits per heavy atom. The highest BCUT2D eigenvalue weighted by Crippen LogP contribution is 2.30. The topological polar surface area (TPSA) is 53.7 Å². The highest BCUT2D eigenvalue weighted by Gasteiger charge is 2.14. The second kappa shape index (κ2) is 6.19. The SMILES string of the molecule is COCCOc1cc(OC(F)F)c(F)cc1N. The number of benzene rings is 1. The molecule has 0 amide bonds. The van der Waals surface area contributed by atoms with Crippen LogP contribution in [0, 0.1) is 5.82 Å². The maximum atomic E-state index is 13.2. The molecule has 7 heteroatoms. The van der Waals surface area contributed by atoms with Crippen molar-refractivity contribution in [1.82, 2.24) is 0 Å². The molecule has 0 unspecified atom stereocenters. The van der Waals surface area contributed by atoms with Gasteiger partial charge in [0.15, 0.2) is 11.6 Å². The van der Waals surface area contributed by atoms with E-state index in [0.717, 1.165) is 12.1 Å². The number of rotatable bonds is 6. The van der Waals surface area contributed by atoms with Crippen molar-refractivity contribution in [3.8, 4) is 11.5 Å². The second-order valence-electron chi connectivity index (χ2n) is 3.04. The number of nitrogens with two attached hydrogens (primary N) is 1. The first-order valence-corrected chi connectivity index (χ1v) is 4.70. The summed E-state index contributed by atoms with van der Waals surface area (Å²) < 4.78 is 50.9. The fourth-order valence-corrected chi connectivity index (χ4v) is 1.10. The van der Waals surface area contributed by atoms with E-state index in [1.54, 1.807) is 0 Å². The summed E-state index contributed by atoms with van der Waals surface area (Å²) in [5.74, 6) is -1.51. The van der Waals surface area contributed by atoms with Crippen molar-refractivity contribution in [2.45, 2.75) is 6.61 Å². The lowest BCUT2D eigenvalue weighted by atomic mass is 10.2. The van der Waals surface area contributed by atoms with Crippen LogP contribution in [0.15, 0.2) is 12.1 Å². The molecule has 4 nitrogen and oxygen atoms in total. The van der Waals surface area contributed by atoms with Crippen LogP contribution in [0.1, 0.15) is 0 Å². The molecule has 0 fully saturated rings. The lowest BCUT2D eigenvalue weighted by Crippen LogP contribution is -2.08. The fourth-order valence-electron chi connectivity index (χ4n) is 1.10. The van der Waals surface area contributed by atoms with Crippen molar-refractivity contribution in [2.75, 3.05) is 26.1 Å². The van der Waals surface area contributed by atoms with E-state index < -0.39 is 18.2 Å². The van der Waals surface area contributed by atoms with Crippen molar-refractivity contribution >= 4 is 5.69 Å². The van der Waals surface area contributed by atoms with Crippen LogP contribution in [0.5, 0.6) is 11.5 Å². The molecule has 1 aromatic carbocycles. The molecule has 0 aliphatic heterocycles. The molecule has 0 saturated heterocycles. The minimum absolute atomic E-state index is 0.000203. The molecule has 1 rings (SSSR count). The number of alkyl halides is 2. The highest BCUT2D eigenvalue weighted by atomic mass is 19.3. The summed E-state index contributed by atoms with van der Waals surface area (Å²) >= 11 is 0.